The number of ether oxygens (including phenoxy) is 1. The maximum atomic E-state index is 5.39. The van der Waals surface area contributed by atoms with Gasteiger partial charge in [0.25, 0.3) is 0 Å². The zero-order chi connectivity index (χ0) is 89.3. The van der Waals surface area contributed by atoms with Crippen LogP contribution in [0.5, 0.6) is 5.75 Å². The average molecular weight is 1740 g/mol. The Morgan fingerprint density at radius 3 is 0.856 bits per heavy atom. The van der Waals surface area contributed by atoms with E-state index in [-0.39, 0.29) is 0 Å². The number of aryl methyl sites for hydroxylation is 6. The van der Waals surface area contributed by atoms with Gasteiger partial charge in [-0.25, -0.2) is 23.4 Å². The van der Waals surface area contributed by atoms with Crippen molar-refractivity contribution >= 4 is 120 Å². The first kappa shape index (κ1) is 82.5. The lowest BCUT2D eigenvalue weighted by Gasteiger charge is -2.10. The molecule has 17 nitrogen and oxygen atoms in total. The van der Waals surface area contributed by atoms with Crippen molar-refractivity contribution in [3.05, 3.63) is 399 Å². The van der Waals surface area contributed by atoms with E-state index in [4.69, 9.17) is 4.74 Å². The molecule has 0 saturated carbocycles. The molecule has 0 atom stereocenters. The number of nitrogens with zero attached hydrogens (tertiary/aromatic N) is 16. The van der Waals surface area contributed by atoms with Crippen LogP contribution < -0.4 is 4.74 Å². The van der Waals surface area contributed by atoms with Gasteiger partial charge in [-0.05, 0) is 235 Å². The minimum Gasteiger partial charge on any atom is -0.497 e. The smallest absolute Gasteiger partial charge is 0.119 e. The van der Waals surface area contributed by atoms with E-state index in [2.05, 4.69) is 403 Å². The Bertz CT molecular complexity index is 8270. The first-order valence-corrected chi connectivity index (χ1v) is 46.1. The number of thiophene rings is 1. The van der Waals surface area contributed by atoms with Crippen molar-refractivity contribution in [2.24, 2.45) is 0 Å². The van der Waals surface area contributed by atoms with Crippen molar-refractivity contribution in [1.29, 1.82) is 0 Å². The second-order valence-corrected chi connectivity index (χ2v) is 33.5. The molecule has 0 bridgehead atoms. The Hall–Kier alpha value is -16.4. The third kappa shape index (κ3) is 15.1. The molecule has 0 aliphatic carbocycles. The van der Waals surface area contributed by atoms with Crippen LogP contribution in [0.15, 0.2) is 394 Å². The molecule has 18 heteroatoms. The van der Waals surface area contributed by atoms with Crippen LogP contribution in [-0.4, -0.2) is 83.8 Å². The molecule has 12 aromatic heterocycles. The van der Waals surface area contributed by atoms with Gasteiger partial charge in [0.05, 0.1) is 95.0 Å². The van der Waals surface area contributed by atoms with Crippen molar-refractivity contribution < 1.29 is 4.74 Å². The molecule has 0 aliphatic rings. The molecule has 0 saturated heterocycles. The highest BCUT2D eigenvalue weighted by atomic mass is 32.1. The standard InChI is InChI=1S/C24H21N3O.C24H21N3.C23H19N3.C22H18N4.C21H17N3S/c1-3-26-23-10-5-4-9-20(23)21-16-18(11-12-24(21)26)27-22(13-14-25-27)17-7-6-8-19(15-17)28-2;1-3-26-23-10-5-4-9-20(23)21-16-19(11-12-24(21)26)27-22(13-14-25-27)18-8-6-7-17(2)15-18;1-2-25-22-11-7-6-10-19(22)20-16-18(12-13-23(20)25)26-21(14-15-24-26)17-8-4-3-5-9-17;1-2-25-21-8-4-3-7-18(21)19-14-17(9-10-22(19)25)26-20(11-13-24-26)16-6-5-12-23-15-16;1-2-23-20-6-4-3-5-17(20)18-13-16(7-8-21(18)23)24-19(9-11-22-24)15-10-12-25-14-15/h4-16H,3H2,1-2H3;4-16H,3H2,1-2H3;3-16H,2H2,1H3;3-15H,2H2,1H3;3-14H,2H2,1H3. The van der Waals surface area contributed by atoms with Crippen molar-refractivity contribution in [2.45, 2.75) is 74.3 Å². The van der Waals surface area contributed by atoms with E-state index in [1.807, 2.05) is 103 Å². The molecule has 0 spiro atoms. The second-order valence-electron chi connectivity index (χ2n) is 32.7. The fraction of sp³-hybridized carbons (Fsp3) is 0.105. The number of rotatable bonds is 16. The van der Waals surface area contributed by atoms with Gasteiger partial charge in [-0.3, -0.25) is 4.98 Å². The molecule has 644 valence electrons. The number of aromatic nitrogens is 16. The molecule has 25 rings (SSSR count). The molecular formula is C114H96N16OS. The zero-order valence-electron chi connectivity index (χ0n) is 74.5. The van der Waals surface area contributed by atoms with Gasteiger partial charge in [0.15, 0.2) is 0 Å². The third-order valence-electron chi connectivity index (χ3n) is 25.3. The van der Waals surface area contributed by atoms with Crippen molar-refractivity contribution in [1.82, 2.24) is 76.7 Å². The van der Waals surface area contributed by atoms with Gasteiger partial charge in [0, 0.05) is 187 Å². The summed E-state index contributed by atoms with van der Waals surface area (Å²) in [5.41, 5.74) is 30.4. The normalized spacial score (nSPS) is 11.4. The monoisotopic (exact) mass is 1740 g/mol. The first-order valence-electron chi connectivity index (χ1n) is 45.1. The van der Waals surface area contributed by atoms with E-state index in [9.17, 15) is 0 Å². The number of fused-ring (bicyclic) bond motifs is 15. The predicted octanol–water partition coefficient (Wildman–Crippen LogP) is 28.1. The third-order valence-corrected chi connectivity index (χ3v) is 26.0. The van der Waals surface area contributed by atoms with Crippen LogP contribution in [0, 0.1) is 6.92 Å². The largest absolute Gasteiger partial charge is 0.497 e. The van der Waals surface area contributed by atoms with Gasteiger partial charge in [0.1, 0.15) is 5.75 Å². The molecule has 13 aromatic carbocycles. The Balaban J connectivity index is 0.0000000995. The summed E-state index contributed by atoms with van der Waals surface area (Å²) >= 11 is 1.71. The number of hydrogen-bond acceptors (Lipinski definition) is 8. The van der Waals surface area contributed by atoms with Crippen LogP contribution in [0.1, 0.15) is 40.2 Å². The topological polar surface area (TPSA) is 136 Å². The minimum atomic E-state index is 0.840. The van der Waals surface area contributed by atoms with E-state index < -0.39 is 0 Å². The predicted molar refractivity (Wildman–Crippen MR) is 545 cm³/mol. The number of pyridine rings is 1. The van der Waals surface area contributed by atoms with E-state index >= 15 is 0 Å². The summed E-state index contributed by atoms with van der Waals surface area (Å²) in [6.07, 6.45) is 12.9. The summed E-state index contributed by atoms with van der Waals surface area (Å²) in [7, 11) is 1.69. The number of benzene rings is 13. The van der Waals surface area contributed by atoms with Crippen LogP contribution in [0.4, 0.5) is 0 Å². The lowest BCUT2D eigenvalue weighted by atomic mass is 10.1. The van der Waals surface area contributed by atoms with Crippen molar-refractivity contribution in [3.8, 4) is 90.5 Å². The number of para-hydroxylation sites is 5. The first-order chi connectivity index (χ1) is 65.1. The summed E-state index contributed by atoms with van der Waals surface area (Å²) in [6.45, 7) is 17.9. The van der Waals surface area contributed by atoms with Gasteiger partial charge in [0.2, 0.25) is 0 Å². The molecule has 12 heterocycles. The van der Waals surface area contributed by atoms with E-state index in [0.717, 1.165) is 107 Å². The summed E-state index contributed by atoms with van der Waals surface area (Å²) in [4.78, 5) is 4.24. The Kier molecular flexibility index (Phi) is 22.5. The van der Waals surface area contributed by atoms with Crippen LogP contribution in [0.2, 0.25) is 0 Å². The quantitative estimate of drug-likeness (QED) is 0.0939. The highest BCUT2D eigenvalue weighted by molar-refractivity contribution is 7.08. The van der Waals surface area contributed by atoms with Crippen LogP contribution in [0.25, 0.3) is 194 Å². The fourth-order valence-corrected chi connectivity index (χ4v) is 20.0. The SMILES string of the molecule is CCn1c2ccccc2c2cc(-n3nccc3-c3cccc(C)c3)ccc21.CCn1c2ccccc2c2cc(-n3nccc3-c3cccc(OC)c3)ccc21.CCn1c2ccccc2c2cc(-n3nccc3-c3ccccc3)ccc21.CCn1c2ccccc2c2cc(-n3nccc3-c3cccnc3)ccc21.CCn1c2ccccc2c2cc(-n3nccc3-c3ccsc3)ccc21. The van der Waals surface area contributed by atoms with Crippen LogP contribution >= 0.6 is 11.3 Å². The molecule has 0 unspecified atom stereocenters. The number of methoxy groups -OCH3 is 1. The zero-order valence-corrected chi connectivity index (χ0v) is 75.4. The van der Waals surface area contributed by atoms with E-state index in [1.54, 1.807) is 24.6 Å². The molecule has 0 aliphatic heterocycles. The molecule has 132 heavy (non-hydrogen) atoms. The highest BCUT2D eigenvalue weighted by Crippen LogP contribution is 2.40. The average Bonchev–Trinajstić information content (AvgIpc) is 1.62. The molecule has 0 fully saturated rings. The summed E-state index contributed by atoms with van der Waals surface area (Å²) < 4.78 is 27.3. The van der Waals surface area contributed by atoms with Crippen LogP contribution in [0.3, 0.4) is 0 Å². The minimum absolute atomic E-state index is 0.840. The van der Waals surface area contributed by atoms with Gasteiger partial charge in [-0.2, -0.15) is 36.8 Å². The summed E-state index contributed by atoms with van der Waals surface area (Å²) in [5.74, 6) is 0.840. The Morgan fingerprint density at radius 2 is 0.538 bits per heavy atom. The molecular weight excluding hydrogens is 1640 g/mol. The highest BCUT2D eigenvalue weighted by Gasteiger charge is 2.21. The van der Waals surface area contributed by atoms with E-state index in [1.165, 1.54) is 131 Å². The van der Waals surface area contributed by atoms with Gasteiger partial charge < -0.3 is 27.6 Å². The second kappa shape index (κ2) is 36.0. The number of hydrogen-bond donors (Lipinski definition) is 0. The maximum Gasteiger partial charge on any atom is 0.119 e. The molecule has 25 aromatic rings. The lowest BCUT2D eigenvalue weighted by Crippen LogP contribution is -1.99. The molecule has 0 amide bonds. The summed E-state index contributed by atoms with van der Waals surface area (Å²) in [5, 5.41) is 40.0. The Morgan fingerprint density at radius 1 is 0.242 bits per heavy atom. The van der Waals surface area contributed by atoms with Gasteiger partial charge in [-0.1, -0.05) is 157 Å². The van der Waals surface area contributed by atoms with Crippen molar-refractivity contribution in [3.63, 3.8) is 0 Å². The summed E-state index contributed by atoms with van der Waals surface area (Å²) in [6, 6.07) is 120. The Labute approximate surface area is 768 Å². The van der Waals surface area contributed by atoms with Gasteiger partial charge in [-0.15, -0.1) is 0 Å². The van der Waals surface area contributed by atoms with Crippen molar-refractivity contribution in [2.75, 3.05) is 7.11 Å². The van der Waals surface area contributed by atoms with E-state index in [0.29, 0.717) is 0 Å². The maximum absolute atomic E-state index is 5.39. The molecule has 0 N–H and O–H groups in total. The van der Waals surface area contributed by atoms with Crippen LogP contribution in [-0.2, 0) is 32.7 Å². The lowest BCUT2D eigenvalue weighted by molar-refractivity contribution is 0.415. The molecule has 0 radical (unpaired) electrons. The van der Waals surface area contributed by atoms with Gasteiger partial charge >= 0.3 is 0 Å². The fourth-order valence-electron chi connectivity index (χ4n) is 19.3.